The fourth-order valence-corrected chi connectivity index (χ4v) is 5.71. The Bertz CT molecular complexity index is 1260. The lowest BCUT2D eigenvalue weighted by atomic mass is 10.1. The number of nitrogens with one attached hydrogen (secondary N) is 1. The van der Waals surface area contributed by atoms with Gasteiger partial charge in [0.05, 0.1) is 23.3 Å². The van der Waals surface area contributed by atoms with Crippen LogP contribution in [0.25, 0.3) is 11.3 Å². The number of esters is 1. The van der Waals surface area contributed by atoms with E-state index in [-0.39, 0.29) is 10.8 Å². The number of methoxy groups -OCH3 is 1. The number of unbranched alkanes of at least 4 members (excludes halogenated alkanes) is 2. The molecule has 2 aromatic carbocycles. The third-order valence-corrected chi connectivity index (χ3v) is 8.27. The molecule has 10 heteroatoms. The lowest BCUT2D eigenvalue weighted by Gasteiger charge is -2.22. The molecule has 0 fully saturated rings. The van der Waals surface area contributed by atoms with E-state index in [4.69, 9.17) is 4.74 Å². The number of rotatable bonds is 12. The number of nitrogens with zero attached hydrogens (tertiary/aromatic N) is 2. The Labute approximate surface area is 216 Å². The molecule has 0 aliphatic heterocycles. The van der Waals surface area contributed by atoms with Crippen molar-refractivity contribution in [3.05, 3.63) is 65.0 Å². The normalized spacial score (nSPS) is 11.4. The summed E-state index contributed by atoms with van der Waals surface area (Å²) in [4.78, 5) is 29.0. The van der Waals surface area contributed by atoms with E-state index in [1.54, 1.807) is 29.6 Å². The first-order valence-corrected chi connectivity index (χ1v) is 14.2. The maximum Gasteiger partial charge on any atom is 0.337 e. The van der Waals surface area contributed by atoms with Gasteiger partial charge in [-0.1, -0.05) is 38.8 Å². The van der Waals surface area contributed by atoms with Crippen LogP contribution in [-0.4, -0.2) is 49.8 Å². The molecule has 1 heterocycles. The lowest BCUT2D eigenvalue weighted by molar-refractivity contribution is 0.0600. The number of thiazole rings is 1. The van der Waals surface area contributed by atoms with Crippen molar-refractivity contribution >= 4 is 38.4 Å². The van der Waals surface area contributed by atoms with Gasteiger partial charge in [0.1, 0.15) is 0 Å². The van der Waals surface area contributed by atoms with Gasteiger partial charge >= 0.3 is 5.97 Å². The van der Waals surface area contributed by atoms with E-state index >= 15 is 0 Å². The van der Waals surface area contributed by atoms with Crippen LogP contribution in [0.5, 0.6) is 0 Å². The number of amides is 1. The van der Waals surface area contributed by atoms with Crippen LogP contribution in [0.4, 0.5) is 5.13 Å². The van der Waals surface area contributed by atoms with E-state index in [0.717, 1.165) is 31.2 Å². The third kappa shape index (κ3) is 6.77. The van der Waals surface area contributed by atoms with Gasteiger partial charge in [-0.05, 0) is 49.2 Å². The zero-order chi connectivity index (χ0) is 26.1. The van der Waals surface area contributed by atoms with Gasteiger partial charge in [0, 0.05) is 29.6 Å². The maximum absolute atomic E-state index is 13.1. The molecular weight excluding hydrogens is 498 g/mol. The Hall–Kier alpha value is -3.08. The van der Waals surface area contributed by atoms with E-state index in [2.05, 4.69) is 10.3 Å². The number of carbonyl (C=O) groups is 2. The van der Waals surface area contributed by atoms with Crippen molar-refractivity contribution in [3.63, 3.8) is 0 Å². The second kappa shape index (κ2) is 12.8. The van der Waals surface area contributed by atoms with E-state index in [0.29, 0.717) is 35.0 Å². The summed E-state index contributed by atoms with van der Waals surface area (Å²) in [5, 5.41) is 4.97. The quantitative estimate of drug-likeness (QED) is 0.313. The molecule has 0 atom stereocenters. The third-order valence-electron chi connectivity index (χ3n) is 5.60. The zero-order valence-electron chi connectivity index (χ0n) is 20.7. The van der Waals surface area contributed by atoms with Crippen molar-refractivity contribution in [2.75, 3.05) is 25.5 Å². The zero-order valence-corrected chi connectivity index (χ0v) is 22.3. The molecule has 3 rings (SSSR count). The Morgan fingerprint density at radius 1 is 0.944 bits per heavy atom. The molecule has 0 spiro atoms. The van der Waals surface area contributed by atoms with Gasteiger partial charge in [0.15, 0.2) is 5.13 Å². The minimum absolute atomic E-state index is 0.179. The van der Waals surface area contributed by atoms with Crippen LogP contribution in [0, 0.1) is 0 Å². The predicted molar refractivity (Wildman–Crippen MR) is 142 cm³/mol. The number of hydrogen-bond donors (Lipinski definition) is 1. The smallest absolute Gasteiger partial charge is 0.337 e. The highest BCUT2D eigenvalue weighted by Crippen LogP contribution is 2.26. The van der Waals surface area contributed by atoms with Crippen LogP contribution >= 0.6 is 11.3 Å². The largest absolute Gasteiger partial charge is 0.465 e. The average molecular weight is 530 g/mol. The van der Waals surface area contributed by atoms with Crippen LogP contribution in [0.15, 0.2) is 58.8 Å². The van der Waals surface area contributed by atoms with E-state index in [9.17, 15) is 18.0 Å². The van der Waals surface area contributed by atoms with Crippen molar-refractivity contribution in [2.45, 2.75) is 44.4 Å². The number of anilines is 1. The van der Waals surface area contributed by atoms with Gasteiger partial charge < -0.3 is 4.74 Å². The summed E-state index contributed by atoms with van der Waals surface area (Å²) < 4.78 is 32.5. The molecular formula is C26H31N3O5S2. The van der Waals surface area contributed by atoms with Crippen molar-refractivity contribution in [2.24, 2.45) is 0 Å². The number of sulfonamides is 1. The average Bonchev–Trinajstić information content (AvgIpc) is 3.36. The molecule has 0 aliphatic rings. The topological polar surface area (TPSA) is 106 Å². The molecule has 192 valence electrons. The molecule has 0 saturated carbocycles. The number of benzene rings is 2. The first-order valence-electron chi connectivity index (χ1n) is 11.9. The molecule has 1 amide bonds. The summed E-state index contributed by atoms with van der Waals surface area (Å²) in [5.74, 6) is -0.795. The van der Waals surface area contributed by atoms with Crippen molar-refractivity contribution < 1.29 is 22.7 Å². The number of aromatic nitrogens is 1. The van der Waals surface area contributed by atoms with Crippen LogP contribution in [0.3, 0.4) is 0 Å². The Morgan fingerprint density at radius 3 is 2.08 bits per heavy atom. The molecule has 0 radical (unpaired) electrons. The minimum atomic E-state index is -3.62. The highest BCUT2D eigenvalue weighted by atomic mass is 32.2. The molecule has 0 saturated heterocycles. The Kier molecular flexibility index (Phi) is 9.74. The van der Waals surface area contributed by atoms with Crippen LogP contribution in [-0.2, 0) is 14.8 Å². The summed E-state index contributed by atoms with van der Waals surface area (Å²) in [6.07, 6.45) is 3.42. The van der Waals surface area contributed by atoms with Gasteiger partial charge in [0.2, 0.25) is 10.0 Å². The van der Waals surface area contributed by atoms with Crippen molar-refractivity contribution in [1.82, 2.24) is 9.29 Å². The predicted octanol–water partition coefficient (Wildman–Crippen LogP) is 5.44. The SMILES string of the molecule is CCCCN(CCCC)S(=O)(=O)c1ccc(C(=O)Nc2nc(-c3ccc(C(=O)OC)cc3)cs2)cc1. The summed E-state index contributed by atoms with van der Waals surface area (Å²) >= 11 is 1.27. The van der Waals surface area contributed by atoms with Gasteiger partial charge in [0.25, 0.3) is 5.91 Å². The molecule has 0 unspecified atom stereocenters. The lowest BCUT2D eigenvalue weighted by Crippen LogP contribution is -2.33. The van der Waals surface area contributed by atoms with E-state index < -0.39 is 16.0 Å². The standard InChI is InChI=1S/C26H31N3O5S2/c1-4-6-16-29(17-7-5-2)36(32,33)22-14-12-20(13-15-22)24(30)28-26-27-23(18-35-26)19-8-10-21(11-9-19)25(31)34-3/h8-15,18H,4-7,16-17H2,1-3H3,(H,27,28,30). The van der Waals surface area contributed by atoms with Gasteiger partial charge in [-0.25, -0.2) is 18.2 Å². The molecule has 1 N–H and O–H groups in total. The fraction of sp³-hybridized carbons (Fsp3) is 0.346. The van der Waals surface area contributed by atoms with Gasteiger partial charge in [-0.2, -0.15) is 4.31 Å². The summed E-state index contributed by atoms with van der Waals surface area (Å²) in [5.41, 5.74) is 2.23. The van der Waals surface area contributed by atoms with Crippen LogP contribution in [0.1, 0.15) is 60.2 Å². The van der Waals surface area contributed by atoms with E-state index in [1.165, 1.54) is 47.0 Å². The van der Waals surface area contributed by atoms with Gasteiger partial charge in [-0.15, -0.1) is 11.3 Å². The van der Waals surface area contributed by atoms with Crippen molar-refractivity contribution in [1.29, 1.82) is 0 Å². The molecule has 8 nitrogen and oxygen atoms in total. The molecule has 36 heavy (non-hydrogen) atoms. The number of ether oxygens (including phenoxy) is 1. The number of hydrogen-bond acceptors (Lipinski definition) is 7. The second-order valence-corrected chi connectivity index (χ2v) is 11.0. The highest BCUT2D eigenvalue weighted by Gasteiger charge is 2.24. The van der Waals surface area contributed by atoms with Crippen molar-refractivity contribution in [3.8, 4) is 11.3 Å². The monoisotopic (exact) mass is 529 g/mol. The molecule has 0 aliphatic carbocycles. The fourth-order valence-electron chi connectivity index (χ4n) is 3.48. The molecule has 1 aromatic heterocycles. The van der Waals surface area contributed by atoms with Crippen LogP contribution in [0.2, 0.25) is 0 Å². The second-order valence-electron chi connectivity index (χ2n) is 8.20. The van der Waals surface area contributed by atoms with Crippen LogP contribution < -0.4 is 5.32 Å². The van der Waals surface area contributed by atoms with E-state index in [1.807, 2.05) is 13.8 Å². The Balaban J connectivity index is 1.69. The minimum Gasteiger partial charge on any atom is -0.465 e. The summed E-state index contributed by atoms with van der Waals surface area (Å²) in [7, 11) is -2.29. The molecule has 3 aromatic rings. The summed E-state index contributed by atoms with van der Waals surface area (Å²) in [6.45, 7) is 5.03. The maximum atomic E-state index is 13.1. The first-order chi connectivity index (χ1) is 17.3. The van der Waals surface area contributed by atoms with Gasteiger partial charge in [-0.3, -0.25) is 10.1 Å². The molecule has 0 bridgehead atoms. The first kappa shape index (κ1) is 27.5. The highest BCUT2D eigenvalue weighted by molar-refractivity contribution is 7.89. The number of carbonyl (C=O) groups excluding carboxylic acids is 2. The Morgan fingerprint density at radius 2 is 1.53 bits per heavy atom. The summed E-state index contributed by atoms with van der Waals surface area (Å²) in [6, 6.07) is 12.8.